The molecule has 0 aromatic rings. The second-order valence-corrected chi connectivity index (χ2v) is 5.95. The number of hydrogen-bond donors (Lipinski definition) is 1. The molecule has 2 fully saturated rings. The Morgan fingerprint density at radius 1 is 1.50 bits per heavy atom. The average molecular weight is 245 g/mol. The maximum atomic E-state index is 5.81. The van der Waals surface area contributed by atoms with E-state index in [1.54, 1.807) is 0 Å². The van der Waals surface area contributed by atoms with E-state index in [9.17, 15) is 0 Å². The van der Waals surface area contributed by atoms with Gasteiger partial charge in [0.2, 0.25) is 0 Å². The standard InChI is InChI=1S/C12H23NO2S/c1-10(7-15-12-4-5-14-8-12)13-11-3-2-6-16-9-11/h10-13H,2-9H2,1H3. The largest absolute Gasteiger partial charge is 0.379 e. The van der Waals surface area contributed by atoms with Gasteiger partial charge in [-0.1, -0.05) is 0 Å². The van der Waals surface area contributed by atoms with E-state index in [0.717, 1.165) is 26.2 Å². The lowest BCUT2D eigenvalue weighted by Gasteiger charge is -2.26. The van der Waals surface area contributed by atoms with Crippen LogP contribution in [0.15, 0.2) is 0 Å². The van der Waals surface area contributed by atoms with E-state index in [0.29, 0.717) is 18.2 Å². The highest BCUT2D eigenvalue weighted by molar-refractivity contribution is 7.99. The topological polar surface area (TPSA) is 30.5 Å². The van der Waals surface area contributed by atoms with E-state index in [2.05, 4.69) is 24.0 Å². The van der Waals surface area contributed by atoms with E-state index >= 15 is 0 Å². The minimum absolute atomic E-state index is 0.338. The van der Waals surface area contributed by atoms with Crippen molar-refractivity contribution in [2.45, 2.75) is 44.4 Å². The van der Waals surface area contributed by atoms with E-state index in [1.165, 1.54) is 24.3 Å². The van der Waals surface area contributed by atoms with E-state index < -0.39 is 0 Å². The summed E-state index contributed by atoms with van der Waals surface area (Å²) >= 11 is 2.07. The monoisotopic (exact) mass is 245 g/mol. The SMILES string of the molecule is CC(COC1CCOC1)NC1CCCSC1. The first-order chi connectivity index (χ1) is 7.84. The zero-order valence-corrected chi connectivity index (χ0v) is 10.9. The number of ether oxygens (including phenoxy) is 2. The molecule has 0 amide bonds. The zero-order chi connectivity index (χ0) is 11.2. The third-order valence-corrected chi connectivity index (χ3v) is 4.37. The van der Waals surface area contributed by atoms with Gasteiger partial charge in [0, 0.05) is 24.4 Å². The van der Waals surface area contributed by atoms with Gasteiger partial charge in [-0.15, -0.1) is 0 Å². The van der Waals surface area contributed by atoms with E-state index in [4.69, 9.17) is 9.47 Å². The van der Waals surface area contributed by atoms with Crippen molar-refractivity contribution in [2.24, 2.45) is 0 Å². The lowest BCUT2D eigenvalue weighted by molar-refractivity contribution is 0.0310. The van der Waals surface area contributed by atoms with Crippen molar-refractivity contribution in [1.29, 1.82) is 0 Å². The van der Waals surface area contributed by atoms with Crippen molar-refractivity contribution in [3.63, 3.8) is 0 Å². The molecule has 0 aromatic heterocycles. The highest BCUT2D eigenvalue weighted by Gasteiger charge is 2.19. The van der Waals surface area contributed by atoms with Gasteiger partial charge in [0.05, 0.1) is 19.3 Å². The molecule has 94 valence electrons. The Kier molecular flexibility index (Phi) is 5.42. The average Bonchev–Trinajstić information content (AvgIpc) is 2.81. The molecule has 3 nitrogen and oxygen atoms in total. The molecule has 2 aliphatic rings. The summed E-state index contributed by atoms with van der Waals surface area (Å²) in [6.45, 7) is 4.68. The van der Waals surface area contributed by atoms with Crippen LogP contribution in [0, 0.1) is 0 Å². The summed E-state index contributed by atoms with van der Waals surface area (Å²) in [5, 5.41) is 3.66. The van der Waals surface area contributed by atoms with Gasteiger partial charge in [-0.25, -0.2) is 0 Å². The quantitative estimate of drug-likeness (QED) is 0.798. The normalized spacial score (nSPS) is 32.8. The summed E-state index contributed by atoms with van der Waals surface area (Å²) in [6.07, 6.45) is 4.08. The number of nitrogens with one attached hydrogen (secondary N) is 1. The van der Waals surface area contributed by atoms with Gasteiger partial charge < -0.3 is 14.8 Å². The number of rotatable bonds is 5. The Bertz CT molecular complexity index is 191. The van der Waals surface area contributed by atoms with Crippen molar-refractivity contribution in [3.05, 3.63) is 0 Å². The molecule has 2 aliphatic heterocycles. The van der Waals surface area contributed by atoms with Crippen LogP contribution < -0.4 is 5.32 Å². The van der Waals surface area contributed by atoms with Gasteiger partial charge in [0.15, 0.2) is 0 Å². The molecule has 4 heteroatoms. The lowest BCUT2D eigenvalue weighted by Crippen LogP contribution is -2.42. The van der Waals surface area contributed by atoms with Crippen molar-refractivity contribution in [1.82, 2.24) is 5.32 Å². The first-order valence-corrected chi connectivity index (χ1v) is 7.53. The minimum atomic E-state index is 0.338. The second-order valence-electron chi connectivity index (χ2n) is 4.80. The van der Waals surface area contributed by atoms with Gasteiger partial charge in [-0.3, -0.25) is 0 Å². The summed E-state index contributed by atoms with van der Waals surface area (Å²) in [7, 11) is 0. The molecule has 1 N–H and O–H groups in total. The van der Waals surface area contributed by atoms with Crippen LogP contribution in [0.5, 0.6) is 0 Å². The molecule has 0 radical (unpaired) electrons. The third-order valence-electron chi connectivity index (χ3n) is 3.15. The molecule has 3 atom stereocenters. The molecule has 16 heavy (non-hydrogen) atoms. The lowest BCUT2D eigenvalue weighted by atomic mass is 10.1. The Balaban J connectivity index is 1.57. The van der Waals surface area contributed by atoms with Crippen molar-refractivity contribution in [2.75, 3.05) is 31.3 Å². The Morgan fingerprint density at radius 3 is 3.12 bits per heavy atom. The molecule has 0 aromatic carbocycles. The maximum absolute atomic E-state index is 5.81. The first-order valence-electron chi connectivity index (χ1n) is 6.38. The Hall–Kier alpha value is 0.230. The van der Waals surface area contributed by atoms with Crippen LogP contribution in [-0.2, 0) is 9.47 Å². The highest BCUT2D eigenvalue weighted by atomic mass is 32.2. The van der Waals surface area contributed by atoms with Crippen molar-refractivity contribution in [3.8, 4) is 0 Å². The summed E-state index contributed by atoms with van der Waals surface area (Å²) in [5.41, 5.74) is 0. The third kappa shape index (κ3) is 4.24. The molecule has 2 rings (SSSR count). The van der Waals surface area contributed by atoms with Gasteiger partial charge in [-0.05, 0) is 31.9 Å². The Morgan fingerprint density at radius 2 is 2.44 bits per heavy atom. The zero-order valence-electron chi connectivity index (χ0n) is 10.1. The van der Waals surface area contributed by atoms with Crippen LogP contribution >= 0.6 is 11.8 Å². The van der Waals surface area contributed by atoms with Crippen LogP contribution in [0.1, 0.15) is 26.2 Å². The van der Waals surface area contributed by atoms with Gasteiger partial charge >= 0.3 is 0 Å². The van der Waals surface area contributed by atoms with Gasteiger partial charge in [0.1, 0.15) is 0 Å². The van der Waals surface area contributed by atoms with Crippen LogP contribution in [0.3, 0.4) is 0 Å². The molecule has 0 aliphatic carbocycles. The number of hydrogen-bond acceptors (Lipinski definition) is 4. The van der Waals surface area contributed by atoms with Crippen LogP contribution in [0.4, 0.5) is 0 Å². The number of thioether (sulfide) groups is 1. The Labute approximate surface area is 103 Å². The molecule has 2 saturated heterocycles. The highest BCUT2D eigenvalue weighted by Crippen LogP contribution is 2.17. The predicted molar refractivity (Wildman–Crippen MR) is 68.1 cm³/mol. The van der Waals surface area contributed by atoms with Crippen LogP contribution in [0.2, 0.25) is 0 Å². The summed E-state index contributed by atoms with van der Waals surface area (Å²) in [4.78, 5) is 0. The fraction of sp³-hybridized carbons (Fsp3) is 1.00. The molecular formula is C12H23NO2S. The second kappa shape index (κ2) is 6.84. The molecular weight excluding hydrogens is 222 g/mol. The van der Waals surface area contributed by atoms with E-state index in [1.807, 2.05) is 0 Å². The fourth-order valence-corrected chi connectivity index (χ4v) is 3.33. The first kappa shape index (κ1) is 12.7. The smallest absolute Gasteiger partial charge is 0.0831 e. The van der Waals surface area contributed by atoms with Crippen LogP contribution in [-0.4, -0.2) is 49.5 Å². The van der Waals surface area contributed by atoms with Crippen molar-refractivity contribution < 1.29 is 9.47 Å². The summed E-state index contributed by atoms with van der Waals surface area (Å²) in [6, 6.07) is 1.15. The fourth-order valence-electron chi connectivity index (χ4n) is 2.25. The summed E-state index contributed by atoms with van der Waals surface area (Å²) < 4.78 is 11.1. The molecule has 0 spiro atoms. The molecule has 2 heterocycles. The van der Waals surface area contributed by atoms with Crippen molar-refractivity contribution >= 4 is 11.8 Å². The van der Waals surface area contributed by atoms with E-state index in [-0.39, 0.29) is 0 Å². The van der Waals surface area contributed by atoms with Gasteiger partial charge in [-0.2, -0.15) is 11.8 Å². The predicted octanol–water partition coefficient (Wildman–Crippen LogP) is 1.67. The van der Waals surface area contributed by atoms with Crippen LogP contribution in [0.25, 0.3) is 0 Å². The van der Waals surface area contributed by atoms with Gasteiger partial charge in [0.25, 0.3) is 0 Å². The minimum Gasteiger partial charge on any atom is -0.379 e. The molecule has 0 bridgehead atoms. The molecule has 3 unspecified atom stereocenters. The maximum Gasteiger partial charge on any atom is 0.0831 e. The molecule has 0 saturated carbocycles. The summed E-state index contributed by atoms with van der Waals surface area (Å²) in [5.74, 6) is 2.60.